The van der Waals surface area contributed by atoms with E-state index in [0.717, 1.165) is 17.9 Å². The maximum absolute atomic E-state index is 8.92. The van der Waals surface area contributed by atoms with Gasteiger partial charge in [-0.25, -0.2) is 4.98 Å². The van der Waals surface area contributed by atoms with Gasteiger partial charge in [-0.3, -0.25) is 0 Å². The molecule has 0 aliphatic rings. The minimum Gasteiger partial charge on any atom is -0.354 e. The third kappa shape index (κ3) is 4.46. The second-order valence-electron chi connectivity index (χ2n) is 5.31. The number of rotatable bonds is 5. The van der Waals surface area contributed by atoms with E-state index < -0.39 is 0 Å². The molecule has 0 aliphatic heterocycles. The van der Waals surface area contributed by atoms with E-state index in [2.05, 4.69) is 40.5 Å². The van der Waals surface area contributed by atoms with Crippen molar-refractivity contribution in [3.8, 4) is 6.07 Å². The van der Waals surface area contributed by atoms with Gasteiger partial charge in [0.15, 0.2) is 0 Å². The van der Waals surface area contributed by atoms with E-state index in [0.29, 0.717) is 23.2 Å². The Hall–Kier alpha value is -2.61. The van der Waals surface area contributed by atoms with Crippen molar-refractivity contribution in [2.75, 3.05) is 17.2 Å². The molecule has 0 spiro atoms. The fourth-order valence-corrected chi connectivity index (χ4v) is 1.82. The summed E-state index contributed by atoms with van der Waals surface area (Å²) in [5, 5.41) is 15.3. The third-order valence-corrected chi connectivity index (χ3v) is 2.79. The molecule has 0 saturated carbocycles. The SMILES string of the molecule is Cc1cc(Nc2cccc(C#N)c2)nc(NCC(C)C)n1. The summed E-state index contributed by atoms with van der Waals surface area (Å²) in [4.78, 5) is 8.81. The highest BCUT2D eigenvalue weighted by atomic mass is 15.1. The average Bonchev–Trinajstić information content (AvgIpc) is 2.45. The maximum atomic E-state index is 8.92. The quantitative estimate of drug-likeness (QED) is 0.877. The largest absolute Gasteiger partial charge is 0.354 e. The van der Waals surface area contributed by atoms with E-state index in [1.54, 1.807) is 12.1 Å². The summed E-state index contributed by atoms with van der Waals surface area (Å²) in [5.41, 5.74) is 2.33. The van der Waals surface area contributed by atoms with Gasteiger partial charge in [-0.05, 0) is 31.0 Å². The van der Waals surface area contributed by atoms with Gasteiger partial charge < -0.3 is 10.6 Å². The first-order valence-electron chi connectivity index (χ1n) is 6.93. The van der Waals surface area contributed by atoms with Gasteiger partial charge in [0.2, 0.25) is 5.95 Å². The van der Waals surface area contributed by atoms with Crippen molar-refractivity contribution in [2.24, 2.45) is 5.92 Å². The number of anilines is 3. The van der Waals surface area contributed by atoms with Crippen molar-refractivity contribution in [1.29, 1.82) is 5.26 Å². The first-order valence-corrected chi connectivity index (χ1v) is 6.93. The molecule has 0 radical (unpaired) electrons. The molecule has 0 fully saturated rings. The van der Waals surface area contributed by atoms with E-state index in [-0.39, 0.29) is 0 Å². The molecule has 1 aromatic carbocycles. The highest BCUT2D eigenvalue weighted by Gasteiger charge is 2.04. The minimum absolute atomic E-state index is 0.526. The van der Waals surface area contributed by atoms with E-state index in [1.165, 1.54) is 0 Å². The third-order valence-electron chi connectivity index (χ3n) is 2.79. The molecule has 2 aromatic rings. The lowest BCUT2D eigenvalue weighted by atomic mass is 10.2. The van der Waals surface area contributed by atoms with Crippen LogP contribution in [0.2, 0.25) is 0 Å². The number of hydrogen-bond acceptors (Lipinski definition) is 5. The van der Waals surface area contributed by atoms with Crippen molar-refractivity contribution in [3.63, 3.8) is 0 Å². The van der Waals surface area contributed by atoms with Crippen LogP contribution < -0.4 is 10.6 Å². The molecule has 2 N–H and O–H groups in total. The van der Waals surface area contributed by atoms with E-state index in [9.17, 15) is 0 Å². The molecule has 0 amide bonds. The zero-order valence-electron chi connectivity index (χ0n) is 12.5. The fourth-order valence-electron chi connectivity index (χ4n) is 1.82. The Kier molecular flexibility index (Phi) is 4.72. The summed E-state index contributed by atoms with van der Waals surface area (Å²) in [7, 11) is 0. The van der Waals surface area contributed by atoms with E-state index in [4.69, 9.17) is 5.26 Å². The molecule has 108 valence electrons. The molecule has 0 saturated heterocycles. The second kappa shape index (κ2) is 6.71. The maximum Gasteiger partial charge on any atom is 0.224 e. The Labute approximate surface area is 125 Å². The van der Waals surface area contributed by atoms with Gasteiger partial charge in [0, 0.05) is 24.0 Å². The molecular weight excluding hydrogens is 262 g/mol. The minimum atomic E-state index is 0.526. The Morgan fingerprint density at radius 3 is 2.76 bits per heavy atom. The predicted molar refractivity (Wildman–Crippen MR) is 84.5 cm³/mol. The van der Waals surface area contributed by atoms with Crippen LogP contribution in [-0.4, -0.2) is 16.5 Å². The van der Waals surface area contributed by atoms with Crippen molar-refractivity contribution < 1.29 is 0 Å². The second-order valence-corrected chi connectivity index (χ2v) is 5.31. The topological polar surface area (TPSA) is 73.6 Å². The summed E-state index contributed by atoms with van der Waals surface area (Å²) >= 11 is 0. The van der Waals surface area contributed by atoms with Crippen LogP contribution in [0.4, 0.5) is 17.5 Å². The lowest BCUT2D eigenvalue weighted by Crippen LogP contribution is -2.11. The summed E-state index contributed by atoms with van der Waals surface area (Å²) < 4.78 is 0. The average molecular weight is 281 g/mol. The number of nitrogens with zero attached hydrogens (tertiary/aromatic N) is 3. The van der Waals surface area contributed by atoms with Crippen molar-refractivity contribution in [1.82, 2.24) is 9.97 Å². The highest BCUT2D eigenvalue weighted by Crippen LogP contribution is 2.17. The summed E-state index contributed by atoms with van der Waals surface area (Å²) in [5.74, 6) is 1.85. The smallest absolute Gasteiger partial charge is 0.224 e. The number of aryl methyl sites for hydroxylation is 1. The number of benzene rings is 1. The van der Waals surface area contributed by atoms with Crippen LogP contribution in [0.25, 0.3) is 0 Å². The Balaban J connectivity index is 2.17. The summed E-state index contributed by atoms with van der Waals surface area (Å²) in [6.07, 6.45) is 0. The standard InChI is InChI=1S/C16H19N5/c1-11(2)10-18-16-19-12(3)7-15(21-16)20-14-6-4-5-13(8-14)9-17/h4-8,11H,10H2,1-3H3,(H2,18,19,20,21). The number of aromatic nitrogens is 2. The molecule has 1 heterocycles. The Bertz CT molecular complexity index is 658. The molecule has 0 atom stereocenters. The lowest BCUT2D eigenvalue weighted by Gasteiger charge is -2.11. The molecule has 1 aromatic heterocycles. The molecular formula is C16H19N5. The number of hydrogen-bond donors (Lipinski definition) is 2. The highest BCUT2D eigenvalue weighted by molar-refractivity contribution is 5.59. The van der Waals surface area contributed by atoms with Gasteiger partial charge in [0.25, 0.3) is 0 Å². The molecule has 21 heavy (non-hydrogen) atoms. The van der Waals surface area contributed by atoms with Gasteiger partial charge in [-0.15, -0.1) is 0 Å². The van der Waals surface area contributed by atoms with Gasteiger partial charge in [0.1, 0.15) is 5.82 Å². The summed E-state index contributed by atoms with van der Waals surface area (Å²) in [6, 6.07) is 11.3. The summed E-state index contributed by atoms with van der Waals surface area (Å²) in [6.45, 7) is 7.02. The zero-order valence-corrected chi connectivity index (χ0v) is 12.5. The Morgan fingerprint density at radius 2 is 2.05 bits per heavy atom. The van der Waals surface area contributed by atoms with Crippen LogP contribution in [0.15, 0.2) is 30.3 Å². The molecule has 0 unspecified atom stereocenters. The first kappa shape index (κ1) is 14.8. The molecule has 5 nitrogen and oxygen atoms in total. The van der Waals surface area contributed by atoms with E-state index >= 15 is 0 Å². The van der Waals surface area contributed by atoms with Gasteiger partial charge in [-0.1, -0.05) is 19.9 Å². The van der Waals surface area contributed by atoms with Crippen LogP contribution in [0.3, 0.4) is 0 Å². The predicted octanol–water partition coefficient (Wildman–Crippen LogP) is 3.47. The monoisotopic (exact) mass is 281 g/mol. The normalized spacial score (nSPS) is 10.2. The molecule has 2 rings (SSSR count). The fraction of sp³-hybridized carbons (Fsp3) is 0.312. The van der Waals surface area contributed by atoms with Crippen molar-refractivity contribution in [2.45, 2.75) is 20.8 Å². The molecule has 0 aliphatic carbocycles. The molecule has 0 bridgehead atoms. The Morgan fingerprint density at radius 1 is 1.24 bits per heavy atom. The van der Waals surface area contributed by atoms with Gasteiger partial charge in [0.05, 0.1) is 11.6 Å². The molecule has 5 heteroatoms. The van der Waals surface area contributed by atoms with Crippen LogP contribution in [0.1, 0.15) is 25.1 Å². The lowest BCUT2D eigenvalue weighted by molar-refractivity contribution is 0.684. The number of nitriles is 1. The van der Waals surface area contributed by atoms with Crippen molar-refractivity contribution >= 4 is 17.5 Å². The van der Waals surface area contributed by atoms with Gasteiger partial charge in [-0.2, -0.15) is 10.2 Å². The van der Waals surface area contributed by atoms with Crippen LogP contribution in [-0.2, 0) is 0 Å². The first-order chi connectivity index (χ1) is 10.1. The van der Waals surface area contributed by atoms with E-state index in [1.807, 2.05) is 25.1 Å². The number of nitrogens with one attached hydrogen (secondary N) is 2. The zero-order chi connectivity index (χ0) is 15.2. The van der Waals surface area contributed by atoms with Gasteiger partial charge >= 0.3 is 0 Å². The van der Waals surface area contributed by atoms with Crippen LogP contribution in [0.5, 0.6) is 0 Å². The van der Waals surface area contributed by atoms with Crippen LogP contribution >= 0.6 is 0 Å². The van der Waals surface area contributed by atoms with Crippen molar-refractivity contribution in [3.05, 3.63) is 41.6 Å². The van der Waals surface area contributed by atoms with Crippen LogP contribution in [0, 0.1) is 24.2 Å².